The normalized spacial score (nSPS) is 11.5. The highest BCUT2D eigenvalue weighted by Gasteiger charge is 2.25. The number of nitrogens with zero attached hydrogens (tertiary/aromatic N) is 3. The molecule has 106 valence electrons. The minimum Gasteiger partial charge on any atom is -0.481 e. The number of carbonyl (C=O) groups is 1. The van der Waals surface area contributed by atoms with Gasteiger partial charge in [-0.1, -0.05) is 0 Å². The number of nitrogens with one attached hydrogen (secondary N) is 1. The van der Waals surface area contributed by atoms with E-state index in [1.54, 1.807) is 13.8 Å². The van der Waals surface area contributed by atoms with E-state index in [1.807, 2.05) is 0 Å². The first kappa shape index (κ1) is 13.7. The second-order valence-electron chi connectivity index (χ2n) is 4.93. The van der Waals surface area contributed by atoms with Crippen LogP contribution in [-0.2, 0) is 4.79 Å². The van der Waals surface area contributed by atoms with Crippen molar-refractivity contribution in [3.63, 3.8) is 0 Å². The van der Waals surface area contributed by atoms with E-state index in [1.165, 1.54) is 12.1 Å². The van der Waals surface area contributed by atoms with Gasteiger partial charge in [0.1, 0.15) is 0 Å². The van der Waals surface area contributed by atoms with Crippen molar-refractivity contribution in [2.24, 2.45) is 0 Å². The molecule has 0 amide bonds. The highest BCUT2D eigenvalue weighted by Crippen LogP contribution is 2.30. The topological polar surface area (TPSA) is 131 Å². The van der Waals surface area contributed by atoms with Crippen molar-refractivity contribution in [3.05, 3.63) is 22.2 Å². The van der Waals surface area contributed by atoms with Crippen LogP contribution in [0.4, 0.5) is 11.4 Å². The Kier molecular flexibility index (Phi) is 3.26. The van der Waals surface area contributed by atoms with Crippen molar-refractivity contribution in [1.29, 1.82) is 0 Å². The number of hydrogen-bond acceptors (Lipinski definition) is 7. The highest BCUT2D eigenvalue weighted by atomic mass is 16.6. The summed E-state index contributed by atoms with van der Waals surface area (Å²) in [5.74, 6) is -0.959. The predicted octanol–water partition coefficient (Wildman–Crippen LogP) is 1.80. The van der Waals surface area contributed by atoms with Gasteiger partial charge in [0.05, 0.1) is 17.0 Å². The van der Waals surface area contributed by atoms with E-state index in [4.69, 9.17) is 5.11 Å². The van der Waals surface area contributed by atoms with Gasteiger partial charge in [-0.25, -0.2) is 4.63 Å². The molecule has 0 aliphatic carbocycles. The third-order valence-electron chi connectivity index (χ3n) is 2.66. The minimum absolute atomic E-state index is 0.0196. The van der Waals surface area contributed by atoms with Crippen LogP contribution in [0.25, 0.3) is 11.0 Å². The Morgan fingerprint density at radius 2 is 2.10 bits per heavy atom. The van der Waals surface area contributed by atoms with Crippen LogP contribution < -0.4 is 5.32 Å². The van der Waals surface area contributed by atoms with Gasteiger partial charge in [-0.2, -0.15) is 0 Å². The molecule has 0 radical (unpaired) electrons. The molecule has 1 aromatic carbocycles. The molecule has 9 nitrogen and oxygen atoms in total. The van der Waals surface area contributed by atoms with Crippen LogP contribution in [0.2, 0.25) is 0 Å². The predicted molar refractivity (Wildman–Crippen MR) is 68.4 cm³/mol. The zero-order chi connectivity index (χ0) is 14.9. The van der Waals surface area contributed by atoms with Crippen molar-refractivity contribution < 1.29 is 19.5 Å². The van der Waals surface area contributed by atoms with Crippen LogP contribution in [0.15, 0.2) is 16.8 Å². The molecule has 0 bridgehead atoms. The Balaban J connectivity index is 2.42. The van der Waals surface area contributed by atoms with Crippen molar-refractivity contribution in [2.75, 3.05) is 5.32 Å². The van der Waals surface area contributed by atoms with E-state index in [2.05, 4.69) is 20.3 Å². The fraction of sp³-hybridized carbons (Fsp3) is 0.364. The maximum Gasteiger partial charge on any atom is 0.305 e. The molecule has 0 atom stereocenters. The lowest BCUT2D eigenvalue weighted by Crippen LogP contribution is -2.33. The number of nitro groups is 1. The van der Waals surface area contributed by atoms with E-state index in [0.717, 1.165) is 0 Å². The molecule has 2 aromatic rings. The summed E-state index contributed by atoms with van der Waals surface area (Å²) >= 11 is 0. The van der Waals surface area contributed by atoms with Crippen molar-refractivity contribution in [2.45, 2.75) is 25.8 Å². The van der Waals surface area contributed by atoms with Crippen LogP contribution in [0.1, 0.15) is 20.3 Å². The van der Waals surface area contributed by atoms with E-state index < -0.39 is 16.4 Å². The summed E-state index contributed by atoms with van der Waals surface area (Å²) in [6, 6.07) is 2.72. The van der Waals surface area contributed by atoms with E-state index >= 15 is 0 Å². The number of aromatic nitrogens is 2. The van der Waals surface area contributed by atoms with E-state index in [0.29, 0.717) is 5.69 Å². The average Bonchev–Trinajstić information content (AvgIpc) is 2.75. The third-order valence-corrected chi connectivity index (χ3v) is 2.66. The number of benzene rings is 1. The van der Waals surface area contributed by atoms with Crippen molar-refractivity contribution in [1.82, 2.24) is 10.3 Å². The summed E-state index contributed by atoms with van der Waals surface area (Å²) in [6.07, 6.45) is -0.128. The molecule has 0 unspecified atom stereocenters. The van der Waals surface area contributed by atoms with Gasteiger partial charge in [-0.05, 0) is 30.2 Å². The molecule has 2 rings (SSSR count). The average molecular weight is 280 g/mol. The van der Waals surface area contributed by atoms with Gasteiger partial charge in [0.25, 0.3) is 0 Å². The van der Waals surface area contributed by atoms with Crippen molar-refractivity contribution >= 4 is 28.4 Å². The summed E-state index contributed by atoms with van der Waals surface area (Å²) < 4.78 is 4.53. The smallest absolute Gasteiger partial charge is 0.305 e. The third kappa shape index (κ3) is 2.66. The van der Waals surface area contributed by atoms with Gasteiger partial charge >= 0.3 is 11.7 Å². The van der Waals surface area contributed by atoms with Gasteiger partial charge in [0, 0.05) is 11.6 Å². The van der Waals surface area contributed by atoms with Gasteiger partial charge in [0.2, 0.25) is 5.52 Å². The number of fused-ring (bicyclic) bond motifs is 1. The molecule has 0 aliphatic rings. The molecular formula is C11H12N4O5. The van der Waals surface area contributed by atoms with Crippen LogP contribution in [0.3, 0.4) is 0 Å². The number of hydrogen-bond donors (Lipinski definition) is 2. The number of rotatable bonds is 5. The number of aliphatic carboxylic acids is 1. The molecule has 0 spiro atoms. The Labute approximate surface area is 112 Å². The SMILES string of the molecule is CC(C)(CC(=O)O)Nc1ccc([N+](=O)[O-])c2nonc12. The summed E-state index contributed by atoms with van der Waals surface area (Å²) in [7, 11) is 0. The lowest BCUT2D eigenvalue weighted by Gasteiger charge is -2.25. The van der Waals surface area contributed by atoms with E-state index in [-0.39, 0.29) is 23.1 Å². The maximum atomic E-state index is 10.9. The Hall–Kier alpha value is -2.71. The molecule has 2 N–H and O–H groups in total. The largest absolute Gasteiger partial charge is 0.481 e. The molecule has 0 saturated heterocycles. The summed E-state index contributed by atoms with van der Waals surface area (Å²) in [4.78, 5) is 21.1. The monoisotopic (exact) mass is 280 g/mol. The van der Waals surface area contributed by atoms with Crippen LogP contribution in [0.5, 0.6) is 0 Å². The first-order valence-electron chi connectivity index (χ1n) is 5.70. The molecule has 0 aliphatic heterocycles. The Morgan fingerprint density at radius 1 is 1.45 bits per heavy atom. The van der Waals surface area contributed by atoms with E-state index in [9.17, 15) is 14.9 Å². The number of non-ortho nitro benzene ring substituents is 1. The first-order valence-corrected chi connectivity index (χ1v) is 5.70. The second kappa shape index (κ2) is 4.76. The molecule has 0 fully saturated rings. The first-order chi connectivity index (χ1) is 9.30. The lowest BCUT2D eigenvalue weighted by molar-refractivity contribution is -0.383. The number of nitro benzene ring substituents is 1. The minimum atomic E-state index is -0.959. The zero-order valence-electron chi connectivity index (χ0n) is 10.8. The maximum absolute atomic E-state index is 10.9. The summed E-state index contributed by atoms with van der Waals surface area (Å²) in [5.41, 5.74) is -0.335. The number of carboxylic acids is 1. The number of carboxylic acid groups (broad SMARTS) is 1. The van der Waals surface area contributed by atoms with Crippen molar-refractivity contribution in [3.8, 4) is 0 Å². The molecular weight excluding hydrogens is 268 g/mol. The van der Waals surface area contributed by atoms with Crippen LogP contribution in [0, 0.1) is 10.1 Å². The van der Waals surface area contributed by atoms with Crippen LogP contribution >= 0.6 is 0 Å². The van der Waals surface area contributed by atoms with Gasteiger partial charge < -0.3 is 10.4 Å². The second-order valence-corrected chi connectivity index (χ2v) is 4.93. The highest BCUT2D eigenvalue weighted by molar-refractivity contribution is 5.93. The molecule has 20 heavy (non-hydrogen) atoms. The quantitative estimate of drug-likeness (QED) is 0.625. The fourth-order valence-electron chi connectivity index (χ4n) is 1.89. The lowest BCUT2D eigenvalue weighted by atomic mass is 10.00. The van der Waals surface area contributed by atoms with Gasteiger partial charge in [-0.3, -0.25) is 14.9 Å². The standard InChI is InChI=1S/C11H12N4O5/c1-11(2,5-8(16)17)12-6-3-4-7(15(18)19)10-9(6)13-20-14-10/h3-4,12H,5H2,1-2H3,(H,16,17). The Bertz CT molecular complexity index is 679. The fourth-order valence-corrected chi connectivity index (χ4v) is 1.89. The van der Waals surface area contributed by atoms with Crippen LogP contribution in [-0.4, -0.2) is 31.9 Å². The molecule has 1 heterocycles. The van der Waals surface area contributed by atoms with Gasteiger partial charge in [0.15, 0.2) is 5.52 Å². The zero-order valence-corrected chi connectivity index (χ0v) is 10.8. The molecule has 1 aromatic heterocycles. The summed E-state index contributed by atoms with van der Waals surface area (Å²) in [5, 5.41) is 29.8. The molecule has 9 heteroatoms. The van der Waals surface area contributed by atoms with Gasteiger partial charge in [-0.15, -0.1) is 0 Å². The summed E-state index contributed by atoms with van der Waals surface area (Å²) in [6.45, 7) is 3.39. The number of anilines is 1. The molecule has 0 saturated carbocycles. The Morgan fingerprint density at radius 3 is 2.70 bits per heavy atom.